The Bertz CT molecular complexity index is 797. The normalized spacial score (nSPS) is 10.7. The molecule has 1 heterocycles. The number of nitrogens with zero attached hydrogens (tertiary/aromatic N) is 1. The van der Waals surface area contributed by atoms with Crippen molar-refractivity contribution in [2.45, 2.75) is 0 Å². The molecule has 0 amide bonds. The average Bonchev–Trinajstić information content (AvgIpc) is 2.46. The Morgan fingerprint density at radius 1 is 1.05 bits per heavy atom. The third-order valence-electron chi connectivity index (χ3n) is 3.07. The maximum absolute atomic E-state index is 11.4. The first kappa shape index (κ1) is 12.6. The maximum atomic E-state index is 11.4. The molecule has 0 unspecified atom stereocenters. The van der Waals surface area contributed by atoms with Gasteiger partial charge in [-0.1, -0.05) is 41.9 Å². The standard InChI is InChI=1S/C16H10ClNO2/c17-12-7-5-10(6-8-12)15-13(16(19)20)9-11-3-1-2-4-14(11)18-15/h1-9H,(H,19,20). The van der Waals surface area contributed by atoms with E-state index in [1.807, 2.05) is 24.3 Å². The van der Waals surface area contributed by atoms with Gasteiger partial charge in [0.1, 0.15) is 0 Å². The SMILES string of the molecule is O=C(O)c1cc2ccccc2nc1-c1ccc(Cl)cc1. The number of aromatic nitrogens is 1. The van der Waals surface area contributed by atoms with Crippen LogP contribution >= 0.6 is 11.6 Å². The molecule has 1 aromatic heterocycles. The van der Waals surface area contributed by atoms with Gasteiger partial charge in [-0.25, -0.2) is 9.78 Å². The van der Waals surface area contributed by atoms with E-state index in [1.54, 1.807) is 30.3 Å². The fourth-order valence-corrected chi connectivity index (χ4v) is 2.23. The molecule has 3 rings (SSSR count). The molecule has 3 nitrogen and oxygen atoms in total. The van der Waals surface area contributed by atoms with Crippen molar-refractivity contribution in [3.05, 3.63) is 65.2 Å². The lowest BCUT2D eigenvalue weighted by Crippen LogP contribution is -2.02. The fourth-order valence-electron chi connectivity index (χ4n) is 2.11. The lowest BCUT2D eigenvalue weighted by atomic mass is 10.0. The first-order chi connectivity index (χ1) is 9.65. The summed E-state index contributed by atoms with van der Waals surface area (Å²) in [5.41, 5.74) is 2.14. The number of benzene rings is 2. The van der Waals surface area contributed by atoms with E-state index in [9.17, 15) is 9.90 Å². The summed E-state index contributed by atoms with van der Waals surface area (Å²) in [7, 11) is 0. The Morgan fingerprint density at radius 3 is 2.45 bits per heavy atom. The molecule has 0 spiro atoms. The highest BCUT2D eigenvalue weighted by atomic mass is 35.5. The van der Waals surface area contributed by atoms with E-state index >= 15 is 0 Å². The lowest BCUT2D eigenvalue weighted by molar-refractivity contribution is 0.0697. The molecule has 3 aromatic rings. The molecule has 0 aliphatic rings. The highest BCUT2D eigenvalue weighted by molar-refractivity contribution is 6.30. The van der Waals surface area contributed by atoms with E-state index in [0.29, 0.717) is 10.7 Å². The highest BCUT2D eigenvalue weighted by Crippen LogP contribution is 2.26. The van der Waals surface area contributed by atoms with E-state index in [0.717, 1.165) is 16.5 Å². The quantitative estimate of drug-likeness (QED) is 0.765. The molecule has 98 valence electrons. The minimum absolute atomic E-state index is 0.186. The van der Waals surface area contributed by atoms with Crippen LogP contribution in [0.3, 0.4) is 0 Å². The number of carboxylic acids is 1. The van der Waals surface area contributed by atoms with Crippen molar-refractivity contribution >= 4 is 28.5 Å². The van der Waals surface area contributed by atoms with E-state index in [2.05, 4.69) is 4.98 Å². The van der Waals surface area contributed by atoms with E-state index in [-0.39, 0.29) is 5.56 Å². The van der Waals surface area contributed by atoms with Gasteiger partial charge in [0.15, 0.2) is 0 Å². The third kappa shape index (κ3) is 2.24. The van der Waals surface area contributed by atoms with Crippen LogP contribution in [0.2, 0.25) is 5.02 Å². The molecular formula is C16H10ClNO2. The summed E-state index contributed by atoms with van der Waals surface area (Å²) >= 11 is 5.86. The van der Waals surface area contributed by atoms with Gasteiger partial charge < -0.3 is 5.11 Å². The van der Waals surface area contributed by atoms with Gasteiger partial charge in [0.2, 0.25) is 0 Å². The van der Waals surface area contributed by atoms with E-state index in [4.69, 9.17) is 11.6 Å². The number of hydrogen-bond donors (Lipinski definition) is 1. The number of fused-ring (bicyclic) bond motifs is 1. The molecule has 0 atom stereocenters. The van der Waals surface area contributed by atoms with Gasteiger partial charge in [-0.15, -0.1) is 0 Å². The summed E-state index contributed by atoms with van der Waals surface area (Å²) in [6.07, 6.45) is 0. The topological polar surface area (TPSA) is 50.2 Å². The van der Waals surface area contributed by atoms with Crippen LogP contribution in [-0.4, -0.2) is 16.1 Å². The van der Waals surface area contributed by atoms with Gasteiger partial charge in [0.25, 0.3) is 0 Å². The molecule has 0 fully saturated rings. The fraction of sp³-hybridized carbons (Fsp3) is 0. The Kier molecular flexibility index (Phi) is 3.12. The molecule has 1 N–H and O–H groups in total. The summed E-state index contributed by atoms with van der Waals surface area (Å²) in [5.74, 6) is -0.992. The Balaban J connectivity index is 2.29. The molecule has 4 heteroatoms. The monoisotopic (exact) mass is 283 g/mol. The molecule has 20 heavy (non-hydrogen) atoms. The summed E-state index contributed by atoms with van der Waals surface area (Å²) in [6, 6.07) is 16.1. The molecule has 0 saturated carbocycles. The van der Waals surface area contributed by atoms with Gasteiger partial charge in [-0.05, 0) is 24.3 Å². The van der Waals surface area contributed by atoms with Gasteiger partial charge in [0, 0.05) is 16.0 Å². The number of rotatable bonds is 2. The van der Waals surface area contributed by atoms with Crippen LogP contribution in [0, 0.1) is 0 Å². The van der Waals surface area contributed by atoms with Crippen LogP contribution < -0.4 is 0 Å². The van der Waals surface area contributed by atoms with Gasteiger partial charge >= 0.3 is 5.97 Å². The average molecular weight is 284 g/mol. The maximum Gasteiger partial charge on any atom is 0.337 e. The van der Waals surface area contributed by atoms with Crippen molar-refractivity contribution in [1.82, 2.24) is 4.98 Å². The summed E-state index contributed by atoms with van der Waals surface area (Å²) < 4.78 is 0. The van der Waals surface area contributed by atoms with E-state index < -0.39 is 5.97 Å². The first-order valence-corrected chi connectivity index (χ1v) is 6.42. The van der Waals surface area contributed by atoms with Gasteiger partial charge in [-0.2, -0.15) is 0 Å². The molecular weight excluding hydrogens is 274 g/mol. The Hall–Kier alpha value is -2.39. The highest BCUT2D eigenvalue weighted by Gasteiger charge is 2.14. The molecule has 2 aromatic carbocycles. The number of carboxylic acid groups (broad SMARTS) is 1. The second-order valence-electron chi connectivity index (χ2n) is 4.39. The zero-order chi connectivity index (χ0) is 14.1. The molecule has 0 aliphatic carbocycles. The second-order valence-corrected chi connectivity index (χ2v) is 4.83. The minimum atomic E-state index is -0.992. The molecule has 0 aliphatic heterocycles. The van der Waals surface area contributed by atoms with Crippen molar-refractivity contribution in [2.24, 2.45) is 0 Å². The van der Waals surface area contributed by atoms with E-state index in [1.165, 1.54) is 0 Å². The molecule has 0 bridgehead atoms. The van der Waals surface area contributed by atoms with Crippen molar-refractivity contribution in [3.63, 3.8) is 0 Å². The number of hydrogen-bond acceptors (Lipinski definition) is 2. The summed E-state index contributed by atoms with van der Waals surface area (Å²) in [5, 5.41) is 10.8. The zero-order valence-electron chi connectivity index (χ0n) is 10.4. The number of carbonyl (C=O) groups is 1. The van der Waals surface area contributed by atoms with Gasteiger partial charge in [0.05, 0.1) is 16.8 Å². The van der Waals surface area contributed by atoms with Crippen LogP contribution in [0.25, 0.3) is 22.2 Å². The smallest absolute Gasteiger partial charge is 0.337 e. The predicted octanol–water partition coefficient (Wildman–Crippen LogP) is 4.25. The van der Waals surface area contributed by atoms with Crippen LogP contribution in [0.5, 0.6) is 0 Å². The largest absolute Gasteiger partial charge is 0.478 e. The first-order valence-electron chi connectivity index (χ1n) is 6.04. The van der Waals surface area contributed by atoms with Crippen molar-refractivity contribution in [2.75, 3.05) is 0 Å². The minimum Gasteiger partial charge on any atom is -0.478 e. The lowest BCUT2D eigenvalue weighted by Gasteiger charge is -2.08. The third-order valence-corrected chi connectivity index (χ3v) is 3.32. The number of halogens is 1. The zero-order valence-corrected chi connectivity index (χ0v) is 11.1. The summed E-state index contributed by atoms with van der Waals surface area (Å²) in [4.78, 5) is 15.9. The van der Waals surface area contributed by atoms with Crippen LogP contribution in [0.1, 0.15) is 10.4 Å². The van der Waals surface area contributed by atoms with Gasteiger partial charge in [-0.3, -0.25) is 0 Å². The predicted molar refractivity (Wildman–Crippen MR) is 79.1 cm³/mol. The Labute approximate surface area is 120 Å². The molecule has 0 radical (unpaired) electrons. The van der Waals surface area contributed by atoms with Crippen molar-refractivity contribution < 1.29 is 9.90 Å². The number of aromatic carboxylic acids is 1. The number of pyridine rings is 1. The van der Waals surface area contributed by atoms with Crippen LogP contribution in [0.15, 0.2) is 54.6 Å². The van der Waals surface area contributed by atoms with Crippen LogP contribution in [0.4, 0.5) is 0 Å². The van der Waals surface area contributed by atoms with Crippen LogP contribution in [-0.2, 0) is 0 Å². The Morgan fingerprint density at radius 2 is 1.75 bits per heavy atom. The van der Waals surface area contributed by atoms with Crippen molar-refractivity contribution in [1.29, 1.82) is 0 Å². The second kappa shape index (κ2) is 4.94. The van der Waals surface area contributed by atoms with Crippen molar-refractivity contribution in [3.8, 4) is 11.3 Å². The number of para-hydroxylation sites is 1. The molecule has 0 saturated heterocycles. The summed E-state index contributed by atoms with van der Waals surface area (Å²) in [6.45, 7) is 0.